The first-order valence-electron chi connectivity index (χ1n) is 5.06. The van der Waals surface area contributed by atoms with Gasteiger partial charge in [-0.1, -0.05) is 6.08 Å². The van der Waals surface area contributed by atoms with E-state index >= 15 is 0 Å². The Hall–Kier alpha value is -1.68. The monoisotopic (exact) mass is 219 g/mol. The Morgan fingerprint density at radius 1 is 1.38 bits per heavy atom. The molecule has 0 aromatic rings. The van der Waals surface area contributed by atoms with Crippen LogP contribution in [0.15, 0.2) is 35.1 Å². The third kappa shape index (κ3) is 1.84. The first-order chi connectivity index (χ1) is 7.61. The predicted octanol–water partition coefficient (Wildman–Crippen LogP) is 0.718. The van der Waals surface area contributed by atoms with Gasteiger partial charge in [0.05, 0.1) is 6.61 Å². The van der Waals surface area contributed by atoms with Gasteiger partial charge in [-0.05, 0) is 18.1 Å². The number of ketones is 1. The van der Waals surface area contributed by atoms with Gasteiger partial charge in [-0.2, -0.15) is 0 Å². The molecule has 0 fully saturated rings. The van der Waals surface area contributed by atoms with Crippen LogP contribution in [0.2, 0.25) is 0 Å². The summed E-state index contributed by atoms with van der Waals surface area (Å²) in [4.78, 5) is 22.8. The summed E-state index contributed by atoms with van der Waals surface area (Å²) < 4.78 is 5.05. The number of ether oxygens (including phenoxy) is 1. The molecule has 84 valence electrons. The highest BCUT2D eigenvalue weighted by Crippen LogP contribution is 2.29. The van der Waals surface area contributed by atoms with Crippen LogP contribution in [0.3, 0.4) is 0 Å². The quantitative estimate of drug-likeness (QED) is 0.744. The zero-order valence-electron chi connectivity index (χ0n) is 9.24. The van der Waals surface area contributed by atoms with E-state index in [9.17, 15) is 9.59 Å². The van der Waals surface area contributed by atoms with E-state index in [1.807, 2.05) is 6.08 Å². The SMILES string of the molecule is COCC1=CC(=O)NC2=CC(=O)C(C)=CC12. The number of allylic oxidation sites excluding steroid dienone is 3. The maximum atomic E-state index is 11.5. The van der Waals surface area contributed by atoms with Gasteiger partial charge in [0.2, 0.25) is 5.91 Å². The van der Waals surface area contributed by atoms with Gasteiger partial charge in [0, 0.05) is 30.9 Å². The molecular formula is C12H13NO3. The Morgan fingerprint density at radius 2 is 2.12 bits per heavy atom. The second kappa shape index (κ2) is 4.06. The second-order valence-corrected chi connectivity index (χ2v) is 3.93. The molecule has 2 aliphatic rings. The zero-order chi connectivity index (χ0) is 11.7. The molecule has 1 aliphatic heterocycles. The minimum Gasteiger partial charge on any atom is -0.380 e. The van der Waals surface area contributed by atoms with Crippen molar-refractivity contribution in [1.29, 1.82) is 0 Å². The number of carbonyl (C=O) groups excluding carboxylic acids is 2. The lowest BCUT2D eigenvalue weighted by Crippen LogP contribution is -2.34. The lowest BCUT2D eigenvalue weighted by Gasteiger charge is -2.27. The summed E-state index contributed by atoms with van der Waals surface area (Å²) in [5.41, 5.74) is 2.23. The van der Waals surface area contributed by atoms with Crippen LogP contribution in [0.5, 0.6) is 0 Å². The number of carbonyl (C=O) groups is 2. The summed E-state index contributed by atoms with van der Waals surface area (Å²) in [6.45, 7) is 2.17. The van der Waals surface area contributed by atoms with Gasteiger partial charge >= 0.3 is 0 Å². The van der Waals surface area contributed by atoms with Crippen LogP contribution in [-0.4, -0.2) is 25.4 Å². The highest BCUT2D eigenvalue weighted by molar-refractivity contribution is 6.06. The van der Waals surface area contributed by atoms with Crippen LogP contribution in [0, 0.1) is 5.92 Å². The molecule has 1 N–H and O–H groups in total. The molecule has 16 heavy (non-hydrogen) atoms. The fourth-order valence-electron chi connectivity index (χ4n) is 1.92. The number of rotatable bonds is 2. The van der Waals surface area contributed by atoms with Gasteiger partial charge in [-0.3, -0.25) is 9.59 Å². The number of nitrogens with one attached hydrogen (secondary N) is 1. The van der Waals surface area contributed by atoms with Crippen molar-refractivity contribution >= 4 is 11.7 Å². The molecule has 0 aromatic carbocycles. The average Bonchev–Trinajstić information content (AvgIpc) is 2.21. The molecule has 0 saturated carbocycles. The first kappa shape index (κ1) is 10.8. The van der Waals surface area contributed by atoms with E-state index in [1.165, 1.54) is 12.2 Å². The van der Waals surface area contributed by atoms with E-state index in [2.05, 4.69) is 5.32 Å². The highest BCUT2D eigenvalue weighted by atomic mass is 16.5. The Balaban J connectivity index is 2.38. The Kier molecular flexibility index (Phi) is 2.75. The first-order valence-corrected chi connectivity index (χ1v) is 5.06. The molecule has 1 atom stereocenters. The summed E-state index contributed by atoms with van der Waals surface area (Å²) in [6.07, 6.45) is 4.88. The van der Waals surface area contributed by atoms with E-state index in [-0.39, 0.29) is 17.6 Å². The molecule has 0 aromatic heterocycles. The van der Waals surface area contributed by atoms with Gasteiger partial charge in [-0.15, -0.1) is 0 Å². The molecule has 0 radical (unpaired) electrons. The van der Waals surface area contributed by atoms with Crippen LogP contribution in [0.1, 0.15) is 6.92 Å². The summed E-state index contributed by atoms with van der Waals surface area (Å²) in [5, 5.41) is 2.68. The standard InChI is InChI=1S/C12H13NO3/c1-7-3-9-8(6-16-2)4-12(15)13-10(9)5-11(7)14/h3-5,9H,6H2,1-2H3,(H,13,15). The lowest BCUT2D eigenvalue weighted by atomic mass is 9.85. The van der Waals surface area contributed by atoms with Crippen LogP contribution >= 0.6 is 0 Å². The van der Waals surface area contributed by atoms with Gasteiger partial charge < -0.3 is 10.1 Å². The summed E-state index contributed by atoms with van der Waals surface area (Å²) in [7, 11) is 1.58. The second-order valence-electron chi connectivity index (χ2n) is 3.93. The summed E-state index contributed by atoms with van der Waals surface area (Å²) in [6, 6.07) is 0. The Bertz CT molecular complexity index is 443. The smallest absolute Gasteiger partial charge is 0.248 e. The number of hydrogen-bond donors (Lipinski definition) is 1. The van der Waals surface area contributed by atoms with E-state index in [4.69, 9.17) is 4.74 Å². The topological polar surface area (TPSA) is 55.4 Å². The zero-order valence-corrected chi connectivity index (χ0v) is 9.24. The number of amides is 1. The van der Waals surface area contributed by atoms with Crippen molar-refractivity contribution < 1.29 is 14.3 Å². The molecule has 1 aliphatic carbocycles. The molecule has 1 unspecified atom stereocenters. The molecule has 1 amide bonds. The van der Waals surface area contributed by atoms with Crippen LogP contribution < -0.4 is 5.32 Å². The minimum absolute atomic E-state index is 0.0321. The van der Waals surface area contributed by atoms with Crippen molar-refractivity contribution in [3.8, 4) is 0 Å². The molecular weight excluding hydrogens is 206 g/mol. The van der Waals surface area contributed by atoms with Crippen molar-refractivity contribution in [2.75, 3.05) is 13.7 Å². The van der Waals surface area contributed by atoms with E-state index in [0.717, 1.165) is 5.57 Å². The van der Waals surface area contributed by atoms with Crippen molar-refractivity contribution in [1.82, 2.24) is 5.32 Å². The predicted molar refractivity (Wildman–Crippen MR) is 58.4 cm³/mol. The molecule has 2 rings (SSSR count). The maximum Gasteiger partial charge on any atom is 0.248 e. The fraction of sp³-hybridized carbons (Fsp3) is 0.333. The molecule has 0 bridgehead atoms. The minimum atomic E-state index is -0.199. The van der Waals surface area contributed by atoms with Crippen LogP contribution in [-0.2, 0) is 14.3 Å². The van der Waals surface area contributed by atoms with Crippen molar-refractivity contribution in [2.24, 2.45) is 5.92 Å². The Morgan fingerprint density at radius 3 is 2.81 bits per heavy atom. The van der Waals surface area contributed by atoms with Crippen molar-refractivity contribution in [3.05, 3.63) is 35.1 Å². The molecule has 4 heteroatoms. The van der Waals surface area contributed by atoms with Crippen molar-refractivity contribution in [3.63, 3.8) is 0 Å². The Labute approximate surface area is 93.7 Å². The molecule has 1 heterocycles. The summed E-state index contributed by atoms with van der Waals surface area (Å²) >= 11 is 0. The normalized spacial score (nSPS) is 24.1. The third-order valence-corrected chi connectivity index (χ3v) is 2.72. The van der Waals surface area contributed by atoms with E-state index < -0.39 is 0 Å². The van der Waals surface area contributed by atoms with Gasteiger partial charge in [0.15, 0.2) is 5.78 Å². The average molecular weight is 219 g/mol. The van der Waals surface area contributed by atoms with Gasteiger partial charge in [0.1, 0.15) is 0 Å². The summed E-state index contributed by atoms with van der Waals surface area (Å²) in [5.74, 6) is -0.282. The highest BCUT2D eigenvalue weighted by Gasteiger charge is 2.28. The maximum absolute atomic E-state index is 11.5. The number of hydrogen-bond acceptors (Lipinski definition) is 3. The lowest BCUT2D eigenvalue weighted by molar-refractivity contribution is -0.116. The third-order valence-electron chi connectivity index (χ3n) is 2.72. The van der Waals surface area contributed by atoms with E-state index in [1.54, 1.807) is 14.0 Å². The number of methoxy groups -OCH3 is 1. The van der Waals surface area contributed by atoms with Crippen LogP contribution in [0.4, 0.5) is 0 Å². The van der Waals surface area contributed by atoms with Crippen LogP contribution in [0.25, 0.3) is 0 Å². The molecule has 0 spiro atoms. The molecule has 0 saturated heterocycles. The molecule has 4 nitrogen and oxygen atoms in total. The van der Waals surface area contributed by atoms with Gasteiger partial charge in [0.25, 0.3) is 0 Å². The fourth-order valence-corrected chi connectivity index (χ4v) is 1.92. The number of fused-ring (bicyclic) bond motifs is 1. The van der Waals surface area contributed by atoms with Gasteiger partial charge in [-0.25, -0.2) is 0 Å². The van der Waals surface area contributed by atoms with Crippen molar-refractivity contribution in [2.45, 2.75) is 6.92 Å². The van der Waals surface area contributed by atoms with E-state index in [0.29, 0.717) is 17.9 Å². The largest absolute Gasteiger partial charge is 0.380 e.